The summed E-state index contributed by atoms with van der Waals surface area (Å²) >= 11 is 0. The Bertz CT molecular complexity index is 4220. The Morgan fingerprint density at radius 3 is 1.78 bits per heavy atom. The van der Waals surface area contributed by atoms with Crippen LogP contribution in [-0.4, -0.2) is 19.5 Å². The maximum atomic E-state index is 6.30. The van der Waals surface area contributed by atoms with Gasteiger partial charge in [0.05, 0.1) is 11.0 Å². The van der Waals surface area contributed by atoms with Crippen LogP contribution in [0.15, 0.2) is 223 Å². The summed E-state index contributed by atoms with van der Waals surface area (Å²) in [7, 11) is 0. The van der Waals surface area contributed by atoms with Crippen molar-refractivity contribution < 1.29 is 4.42 Å². The van der Waals surface area contributed by atoms with Crippen molar-refractivity contribution in [2.75, 3.05) is 0 Å². The van der Waals surface area contributed by atoms with Crippen LogP contribution < -0.4 is 0 Å². The molecule has 324 valence electrons. The first-order chi connectivity index (χ1) is 33.9. The van der Waals surface area contributed by atoms with Crippen LogP contribution in [0.25, 0.3) is 128 Å². The second-order valence-corrected chi connectivity index (χ2v) is 18.8. The third-order valence-corrected chi connectivity index (χ3v) is 14.4. The van der Waals surface area contributed by atoms with Crippen LogP contribution in [0.4, 0.5) is 0 Å². The molecule has 1 aliphatic rings. The number of furan rings is 1. The summed E-state index contributed by atoms with van der Waals surface area (Å²) in [5, 5.41) is 6.98. The van der Waals surface area contributed by atoms with Gasteiger partial charge in [0.25, 0.3) is 0 Å². The standard InChI is InChI=1S/C64H42N4O/c1-64(2)55-24-10-8-20-49(55)50-32-28-44(36-56(50)64)41-18-12-19-45(34-41)48-22-13-23-53-54-35-42-16-6-7-17-43(42)37-57(54)68(60(48)53)47-30-26-40(27-31-47)62-65-61(39-14-4-3-5-15-39)66-63(67-62)46-29-33-52-51-21-9-11-25-58(51)69-59(52)38-46/h3-38H,1-2H3. The fourth-order valence-electron chi connectivity index (χ4n) is 11.0. The molecule has 3 aromatic heterocycles. The minimum absolute atomic E-state index is 0.0771. The minimum Gasteiger partial charge on any atom is -0.456 e. The van der Waals surface area contributed by atoms with Crippen LogP contribution >= 0.6 is 0 Å². The lowest BCUT2D eigenvalue weighted by molar-refractivity contribution is 0.660. The van der Waals surface area contributed by atoms with Crippen LogP contribution in [0.2, 0.25) is 0 Å². The van der Waals surface area contributed by atoms with Gasteiger partial charge in [0.15, 0.2) is 17.5 Å². The molecular formula is C64H42N4O. The highest BCUT2D eigenvalue weighted by molar-refractivity contribution is 6.17. The molecule has 0 amide bonds. The van der Waals surface area contributed by atoms with Crippen molar-refractivity contribution in [3.63, 3.8) is 0 Å². The van der Waals surface area contributed by atoms with Crippen molar-refractivity contribution in [2.24, 2.45) is 0 Å². The number of fused-ring (bicyclic) bond motifs is 10. The number of nitrogens with zero attached hydrogens (tertiary/aromatic N) is 4. The maximum absolute atomic E-state index is 6.30. The Balaban J connectivity index is 0.910. The SMILES string of the molecule is CC1(C)c2ccccc2-c2ccc(-c3cccc(-c4cccc5c6cc7ccccc7cc6n(-c6ccc(-c7nc(-c8ccccc8)nc(-c8ccc9c(c8)oc8ccccc89)n7)cc6)c45)c3)cc21. The average molecular weight is 883 g/mol. The first-order valence-corrected chi connectivity index (χ1v) is 23.6. The van der Waals surface area contributed by atoms with Crippen LogP contribution in [0.1, 0.15) is 25.0 Å². The average Bonchev–Trinajstić information content (AvgIpc) is 4.02. The number of hydrogen-bond donors (Lipinski definition) is 0. The van der Waals surface area contributed by atoms with Crippen molar-refractivity contribution in [2.45, 2.75) is 19.3 Å². The van der Waals surface area contributed by atoms with Gasteiger partial charge < -0.3 is 8.98 Å². The van der Waals surface area contributed by atoms with Gasteiger partial charge in [-0.2, -0.15) is 0 Å². The summed E-state index contributed by atoms with van der Waals surface area (Å²) in [6.07, 6.45) is 0. The summed E-state index contributed by atoms with van der Waals surface area (Å²) in [6.45, 7) is 4.70. The zero-order valence-corrected chi connectivity index (χ0v) is 38.0. The normalized spacial score (nSPS) is 12.9. The van der Waals surface area contributed by atoms with Crippen LogP contribution in [0, 0.1) is 0 Å². The number of benzene rings is 10. The molecule has 0 N–H and O–H groups in total. The molecule has 0 spiro atoms. The molecule has 0 saturated carbocycles. The molecule has 0 unspecified atom stereocenters. The predicted octanol–water partition coefficient (Wildman–Crippen LogP) is 16.7. The first-order valence-electron chi connectivity index (χ1n) is 23.6. The van der Waals surface area contributed by atoms with E-state index in [4.69, 9.17) is 19.4 Å². The largest absolute Gasteiger partial charge is 0.456 e. The van der Waals surface area contributed by atoms with Gasteiger partial charge in [0.1, 0.15) is 11.2 Å². The fraction of sp³-hybridized carbons (Fsp3) is 0.0469. The van der Waals surface area contributed by atoms with E-state index in [1.807, 2.05) is 54.6 Å². The Morgan fingerprint density at radius 1 is 0.362 bits per heavy atom. The van der Waals surface area contributed by atoms with Crippen molar-refractivity contribution in [1.29, 1.82) is 0 Å². The van der Waals surface area contributed by atoms with Gasteiger partial charge in [-0.15, -0.1) is 0 Å². The summed E-state index contributed by atoms with van der Waals surface area (Å²) in [4.78, 5) is 15.3. The number of hydrogen-bond acceptors (Lipinski definition) is 4. The third kappa shape index (κ3) is 6.21. The second kappa shape index (κ2) is 15.0. The molecule has 0 saturated heterocycles. The highest BCUT2D eigenvalue weighted by atomic mass is 16.3. The van der Waals surface area contributed by atoms with Gasteiger partial charge in [-0.05, 0) is 116 Å². The Morgan fingerprint density at radius 2 is 0.942 bits per heavy atom. The van der Waals surface area contributed by atoms with Gasteiger partial charge in [-0.1, -0.05) is 166 Å². The molecule has 0 aliphatic heterocycles. The van der Waals surface area contributed by atoms with Crippen LogP contribution in [-0.2, 0) is 5.41 Å². The molecule has 14 rings (SSSR count). The number of para-hydroxylation sites is 2. The van der Waals surface area contributed by atoms with E-state index in [1.165, 1.54) is 66.1 Å². The molecule has 1 aliphatic carbocycles. The molecule has 10 aromatic carbocycles. The van der Waals surface area contributed by atoms with Crippen molar-refractivity contribution in [1.82, 2.24) is 19.5 Å². The topological polar surface area (TPSA) is 56.7 Å². The summed E-state index contributed by atoms with van der Waals surface area (Å²) < 4.78 is 8.74. The summed E-state index contributed by atoms with van der Waals surface area (Å²) in [5.74, 6) is 1.79. The number of aromatic nitrogens is 4. The third-order valence-electron chi connectivity index (χ3n) is 14.4. The Labute approximate surface area is 398 Å². The van der Waals surface area contributed by atoms with E-state index >= 15 is 0 Å². The van der Waals surface area contributed by atoms with Crippen LogP contribution in [0.5, 0.6) is 0 Å². The van der Waals surface area contributed by atoms with Crippen molar-refractivity contribution in [3.05, 3.63) is 230 Å². The van der Waals surface area contributed by atoms with Gasteiger partial charge in [0.2, 0.25) is 0 Å². The van der Waals surface area contributed by atoms with Crippen LogP contribution in [0.3, 0.4) is 0 Å². The van der Waals surface area contributed by atoms with Crippen molar-refractivity contribution in [3.8, 4) is 73.2 Å². The van der Waals surface area contributed by atoms with E-state index in [0.29, 0.717) is 17.5 Å². The zero-order chi connectivity index (χ0) is 45.8. The molecule has 5 heteroatoms. The smallest absolute Gasteiger partial charge is 0.164 e. The molecule has 0 bridgehead atoms. The Hall–Kier alpha value is -8.93. The quantitative estimate of drug-likeness (QED) is 0.167. The predicted molar refractivity (Wildman–Crippen MR) is 284 cm³/mol. The summed E-state index contributed by atoms with van der Waals surface area (Å²) in [6, 6.07) is 78.2. The van der Waals surface area contributed by atoms with Gasteiger partial charge >= 0.3 is 0 Å². The van der Waals surface area contributed by atoms with Gasteiger partial charge in [-0.3, -0.25) is 0 Å². The number of rotatable bonds is 6. The molecule has 5 nitrogen and oxygen atoms in total. The fourth-order valence-corrected chi connectivity index (χ4v) is 11.0. The molecule has 0 atom stereocenters. The van der Waals surface area contributed by atoms with Crippen molar-refractivity contribution >= 4 is 54.5 Å². The lowest BCUT2D eigenvalue weighted by Gasteiger charge is -2.22. The second-order valence-electron chi connectivity index (χ2n) is 18.8. The lowest BCUT2D eigenvalue weighted by atomic mass is 9.81. The molecule has 69 heavy (non-hydrogen) atoms. The van der Waals surface area contributed by atoms with E-state index in [1.54, 1.807) is 0 Å². The van der Waals surface area contributed by atoms with E-state index in [-0.39, 0.29) is 5.41 Å². The van der Waals surface area contributed by atoms with E-state index in [9.17, 15) is 0 Å². The van der Waals surface area contributed by atoms with E-state index in [2.05, 4.69) is 182 Å². The van der Waals surface area contributed by atoms with Gasteiger partial charge in [0, 0.05) is 54.9 Å². The Kier molecular flexibility index (Phi) is 8.56. The van der Waals surface area contributed by atoms with E-state index < -0.39 is 0 Å². The monoisotopic (exact) mass is 882 g/mol. The highest BCUT2D eigenvalue weighted by Gasteiger charge is 2.35. The molecule has 0 radical (unpaired) electrons. The maximum Gasteiger partial charge on any atom is 0.164 e. The zero-order valence-electron chi connectivity index (χ0n) is 38.0. The highest BCUT2D eigenvalue weighted by Crippen LogP contribution is 2.50. The molecular weight excluding hydrogens is 841 g/mol. The molecule has 0 fully saturated rings. The summed E-state index contributed by atoms with van der Waals surface area (Å²) in [5.41, 5.74) is 17.8. The first kappa shape index (κ1) is 39.3. The van der Waals surface area contributed by atoms with E-state index in [0.717, 1.165) is 55.3 Å². The molecule has 13 aromatic rings. The minimum atomic E-state index is -0.0771. The lowest BCUT2D eigenvalue weighted by Crippen LogP contribution is -2.14. The molecule has 3 heterocycles. The van der Waals surface area contributed by atoms with Gasteiger partial charge in [-0.25, -0.2) is 15.0 Å².